The van der Waals surface area contributed by atoms with Gasteiger partial charge in [0, 0.05) is 61.8 Å². The molecule has 1 saturated heterocycles. The highest BCUT2D eigenvalue weighted by atomic mass is 32.1. The molecule has 10 heteroatoms. The van der Waals surface area contributed by atoms with E-state index >= 15 is 0 Å². The van der Waals surface area contributed by atoms with Crippen molar-refractivity contribution in [1.82, 2.24) is 14.3 Å². The van der Waals surface area contributed by atoms with Crippen LogP contribution in [0.1, 0.15) is 21.7 Å². The maximum atomic E-state index is 12.7. The molecule has 160 valence electrons. The molecule has 0 bridgehead atoms. The minimum Gasteiger partial charge on any atom is -0.497 e. The average Bonchev–Trinajstić information content (AvgIpc) is 3.27. The number of amides is 1. The Labute approximate surface area is 183 Å². The van der Waals surface area contributed by atoms with E-state index in [-0.39, 0.29) is 11.6 Å². The highest BCUT2D eigenvalue weighted by molar-refractivity contribution is 7.09. The molecule has 31 heavy (non-hydrogen) atoms. The molecule has 0 unspecified atom stereocenters. The van der Waals surface area contributed by atoms with Crippen molar-refractivity contribution in [1.29, 1.82) is 0 Å². The predicted octanol–water partition coefficient (Wildman–Crippen LogP) is 3.01. The fraction of sp³-hybridized carbons (Fsp3) is 0.286. The van der Waals surface area contributed by atoms with Gasteiger partial charge in [0.15, 0.2) is 0 Å². The summed E-state index contributed by atoms with van der Waals surface area (Å²) in [6.45, 7) is 2.31. The summed E-state index contributed by atoms with van der Waals surface area (Å²) >= 11 is 1.35. The quantitative estimate of drug-likeness (QED) is 0.430. The van der Waals surface area contributed by atoms with Crippen LogP contribution >= 0.6 is 11.5 Å². The highest BCUT2D eigenvalue weighted by Crippen LogP contribution is 2.23. The molecule has 4 rings (SSSR count). The topological polar surface area (TPSA) is 102 Å². The van der Waals surface area contributed by atoms with Crippen molar-refractivity contribution in [2.24, 2.45) is 0 Å². The molecule has 2 heterocycles. The molecule has 0 radical (unpaired) electrons. The molecule has 1 fully saturated rings. The summed E-state index contributed by atoms with van der Waals surface area (Å²) in [5.74, 6) is 1.36. The Morgan fingerprint density at radius 2 is 1.94 bits per heavy atom. The number of non-ortho nitro benzene ring substituents is 1. The molecule has 0 spiro atoms. The molecule has 0 atom stereocenters. The Morgan fingerprint density at radius 1 is 1.16 bits per heavy atom. The van der Waals surface area contributed by atoms with Gasteiger partial charge < -0.3 is 14.5 Å². The summed E-state index contributed by atoms with van der Waals surface area (Å²) in [6.07, 6.45) is 0.624. The fourth-order valence-corrected chi connectivity index (χ4v) is 4.18. The molecule has 0 N–H and O–H groups in total. The second kappa shape index (κ2) is 9.09. The Balaban J connectivity index is 1.36. The van der Waals surface area contributed by atoms with Crippen LogP contribution in [0.2, 0.25) is 0 Å². The molecular weight excluding hydrogens is 418 g/mol. The van der Waals surface area contributed by atoms with Gasteiger partial charge in [0.25, 0.3) is 11.6 Å². The lowest BCUT2D eigenvalue weighted by Gasteiger charge is -2.34. The number of carbonyl (C=O) groups is 1. The minimum atomic E-state index is -0.493. The molecular formula is C21H21N5O4S. The Morgan fingerprint density at radius 3 is 2.68 bits per heavy atom. The molecule has 9 nitrogen and oxygen atoms in total. The van der Waals surface area contributed by atoms with Gasteiger partial charge in [-0.1, -0.05) is 18.2 Å². The van der Waals surface area contributed by atoms with Crippen molar-refractivity contribution in [2.45, 2.75) is 6.42 Å². The zero-order valence-corrected chi connectivity index (χ0v) is 17.7. The van der Waals surface area contributed by atoms with E-state index in [0.29, 0.717) is 38.2 Å². The first kappa shape index (κ1) is 20.7. The summed E-state index contributed by atoms with van der Waals surface area (Å²) in [5, 5.41) is 11.8. The zero-order chi connectivity index (χ0) is 21.8. The number of nitrogens with zero attached hydrogens (tertiary/aromatic N) is 5. The number of benzene rings is 2. The number of aromatic nitrogens is 2. The average molecular weight is 439 g/mol. The maximum Gasteiger partial charge on any atom is 0.270 e. The Bertz CT molecular complexity index is 1090. The summed E-state index contributed by atoms with van der Waals surface area (Å²) in [7, 11) is 1.64. The largest absolute Gasteiger partial charge is 0.497 e. The molecule has 1 aliphatic heterocycles. The van der Waals surface area contributed by atoms with Gasteiger partial charge in [-0.15, -0.1) is 0 Å². The molecule has 1 aliphatic rings. The Hall–Kier alpha value is -3.53. The fourth-order valence-electron chi connectivity index (χ4n) is 3.45. The van der Waals surface area contributed by atoms with Gasteiger partial charge in [-0.2, -0.15) is 4.37 Å². The number of carbonyl (C=O) groups excluding carboxylic acids is 1. The smallest absolute Gasteiger partial charge is 0.270 e. The number of anilines is 1. The lowest BCUT2D eigenvalue weighted by Crippen LogP contribution is -2.48. The van der Waals surface area contributed by atoms with E-state index in [1.54, 1.807) is 18.1 Å². The van der Waals surface area contributed by atoms with Gasteiger partial charge in [-0.3, -0.25) is 14.9 Å². The van der Waals surface area contributed by atoms with Crippen molar-refractivity contribution in [2.75, 3.05) is 38.2 Å². The first-order chi connectivity index (χ1) is 15.0. The first-order valence-corrected chi connectivity index (χ1v) is 10.5. The van der Waals surface area contributed by atoms with Gasteiger partial charge >= 0.3 is 0 Å². The van der Waals surface area contributed by atoms with Crippen molar-refractivity contribution in [3.8, 4) is 5.75 Å². The number of rotatable bonds is 6. The zero-order valence-electron chi connectivity index (χ0n) is 16.9. The van der Waals surface area contributed by atoms with E-state index in [1.807, 2.05) is 24.3 Å². The molecule has 2 aromatic carbocycles. The van der Waals surface area contributed by atoms with E-state index < -0.39 is 4.92 Å². The normalized spacial score (nSPS) is 13.8. The first-order valence-electron chi connectivity index (χ1n) is 9.77. The van der Waals surface area contributed by atoms with Gasteiger partial charge in [0.1, 0.15) is 11.6 Å². The van der Waals surface area contributed by atoms with Crippen molar-refractivity contribution in [3.63, 3.8) is 0 Å². The second-order valence-corrected chi connectivity index (χ2v) is 7.84. The number of hydrogen-bond donors (Lipinski definition) is 0. The van der Waals surface area contributed by atoms with E-state index in [0.717, 1.165) is 22.3 Å². The van der Waals surface area contributed by atoms with Crippen molar-refractivity contribution >= 4 is 28.3 Å². The van der Waals surface area contributed by atoms with Gasteiger partial charge in [-0.25, -0.2) is 4.98 Å². The molecule has 1 amide bonds. The van der Waals surface area contributed by atoms with Crippen LogP contribution in [0.5, 0.6) is 5.75 Å². The van der Waals surface area contributed by atoms with Crippen LogP contribution < -0.4 is 9.64 Å². The third-order valence-corrected chi connectivity index (χ3v) is 5.91. The molecule has 3 aromatic rings. The van der Waals surface area contributed by atoms with E-state index in [1.165, 1.54) is 29.7 Å². The van der Waals surface area contributed by atoms with Crippen LogP contribution in [0, 0.1) is 10.1 Å². The second-order valence-electron chi connectivity index (χ2n) is 7.11. The predicted molar refractivity (Wildman–Crippen MR) is 117 cm³/mol. The van der Waals surface area contributed by atoms with Crippen LogP contribution in [0.4, 0.5) is 10.8 Å². The number of nitro benzene ring substituents is 1. The van der Waals surface area contributed by atoms with Gasteiger partial charge in [0.05, 0.1) is 12.0 Å². The SMILES string of the molecule is COc1cccc(Cc2nsc(N3CCN(C(=O)c4cccc([N+](=O)[O-])c4)CC3)n2)c1. The van der Waals surface area contributed by atoms with Crippen LogP contribution in [0.3, 0.4) is 0 Å². The third kappa shape index (κ3) is 4.80. The van der Waals surface area contributed by atoms with Gasteiger partial charge in [0.2, 0.25) is 5.13 Å². The molecule has 0 aliphatic carbocycles. The lowest BCUT2D eigenvalue weighted by atomic mass is 10.1. The van der Waals surface area contributed by atoms with E-state index in [4.69, 9.17) is 4.74 Å². The van der Waals surface area contributed by atoms with E-state index in [2.05, 4.69) is 14.3 Å². The summed E-state index contributed by atoms with van der Waals surface area (Å²) < 4.78 is 9.73. The summed E-state index contributed by atoms with van der Waals surface area (Å²) in [5.41, 5.74) is 1.33. The van der Waals surface area contributed by atoms with Crippen LogP contribution in [-0.2, 0) is 6.42 Å². The van der Waals surface area contributed by atoms with Crippen molar-refractivity contribution in [3.05, 3.63) is 75.6 Å². The lowest BCUT2D eigenvalue weighted by molar-refractivity contribution is -0.384. The van der Waals surface area contributed by atoms with E-state index in [9.17, 15) is 14.9 Å². The van der Waals surface area contributed by atoms with Gasteiger partial charge in [-0.05, 0) is 23.8 Å². The monoisotopic (exact) mass is 439 g/mol. The molecule has 1 aromatic heterocycles. The van der Waals surface area contributed by atoms with Crippen molar-refractivity contribution < 1.29 is 14.5 Å². The third-order valence-electron chi connectivity index (χ3n) is 5.10. The maximum absolute atomic E-state index is 12.7. The number of ether oxygens (including phenoxy) is 1. The summed E-state index contributed by atoms with van der Waals surface area (Å²) in [6, 6.07) is 13.7. The highest BCUT2D eigenvalue weighted by Gasteiger charge is 2.25. The Kier molecular flexibility index (Phi) is 6.08. The number of methoxy groups -OCH3 is 1. The molecule has 0 saturated carbocycles. The standard InChI is InChI=1S/C21H21N5O4S/c1-30-18-7-2-4-15(12-18)13-19-22-21(31-23-19)25-10-8-24(9-11-25)20(27)16-5-3-6-17(14-16)26(28)29/h2-7,12,14H,8-11,13H2,1H3. The number of piperazine rings is 1. The minimum absolute atomic E-state index is 0.0816. The number of nitro groups is 1. The van der Waals surface area contributed by atoms with Crippen LogP contribution in [0.15, 0.2) is 48.5 Å². The summed E-state index contributed by atoms with van der Waals surface area (Å²) in [4.78, 5) is 31.7. The van der Waals surface area contributed by atoms with Crippen LogP contribution in [0.25, 0.3) is 0 Å². The van der Waals surface area contributed by atoms with Crippen LogP contribution in [-0.4, -0.2) is 58.4 Å². The number of hydrogen-bond acceptors (Lipinski definition) is 8.